The quantitative estimate of drug-likeness (QED) is 0.867. The number of hydrazone groups is 1. The molecule has 1 aromatic heterocycles. The smallest absolute Gasteiger partial charge is 0.290 e. The van der Waals surface area contributed by atoms with Crippen molar-refractivity contribution in [1.82, 2.24) is 10.4 Å². The molecule has 1 N–H and O–H groups in total. The SMILES string of the molecule is O=C(NN=C1SCCCS1)c1cc(N2CCCC2)ccn1. The lowest BCUT2D eigenvalue weighted by molar-refractivity contribution is 0.0950. The molecule has 1 aromatic rings. The number of carbonyl (C=O) groups is 1. The monoisotopic (exact) mass is 322 g/mol. The number of amides is 1. The number of anilines is 1. The maximum atomic E-state index is 12.1. The zero-order valence-corrected chi connectivity index (χ0v) is 13.4. The summed E-state index contributed by atoms with van der Waals surface area (Å²) in [5, 5.41) is 4.18. The van der Waals surface area contributed by atoms with Crippen molar-refractivity contribution < 1.29 is 4.79 Å². The molecule has 0 radical (unpaired) electrons. The number of thioether (sulfide) groups is 2. The van der Waals surface area contributed by atoms with E-state index in [2.05, 4.69) is 20.4 Å². The highest BCUT2D eigenvalue weighted by molar-refractivity contribution is 8.39. The molecule has 1 amide bonds. The second-order valence-electron chi connectivity index (χ2n) is 4.96. The average molecular weight is 322 g/mol. The van der Waals surface area contributed by atoms with Crippen molar-refractivity contribution in [3.05, 3.63) is 24.0 Å². The van der Waals surface area contributed by atoms with E-state index in [1.807, 2.05) is 12.1 Å². The minimum absolute atomic E-state index is 0.240. The summed E-state index contributed by atoms with van der Waals surface area (Å²) in [4.78, 5) is 18.6. The molecular weight excluding hydrogens is 304 g/mol. The molecule has 0 unspecified atom stereocenters. The molecule has 0 aromatic carbocycles. The Balaban J connectivity index is 1.65. The highest BCUT2D eigenvalue weighted by Crippen LogP contribution is 2.24. The number of aromatic nitrogens is 1. The fourth-order valence-electron chi connectivity index (χ4n) is 2.35. The van der Waals surface area contributed by atoms with Crippen molar-refractivity contribution in [2.24, 2.45) is 5.10 Å². The van der Waals surface area contributed by atoms with Crippen LogP contribution in [0.1, 0.15) is 29.8 Å². The van der Waals surface area contributed by atoms with Crippen molar-refractivity contribution in [1.29, 1.82) is 0 Å². The van der Waals surface area contributed by atoms with Crippen molar-refractivity contribution >= 4 is 39.5 Å². The highest BCUT2D eigenvalue weighted by atomic mass is 32.2. The summed E-state index contributed by atoms with van der Waals surface area (Å²) < 4.78 is 0.935. The first-order valence-electron chi connectivity index (χ1n) is 7.17. The zero-order chi connectivity index (χ0) is 14.5. The van der Waals surface area contributed by atoms with Gasteiger partial charge in [0.15, 0.2) is 0 Å². The van der Waals surface area contributed by atoms with Gasteiger partial charge in [-0.3, -0.25) is 9.78 Å². The summed E-state index contributed by atoms with van der Waals surface area (Å²) >= 11 is 3.39. The van der Waals surface area contributed by atoms with Crippen LogP contribution in [0.15, 0.2) is 23.4 Å². The molecule has 2 fully saturated rings. The minimum Gasteiger partial charge on any atom is -0.371 e. The molecule has 0 saturated carbocycles. The molecule has 0 atom stereocenters. The molecule has 0 bridgehead atoms. The number of nitrogens with zero attached hydrogens (tertiary/aromatic N) is 3. The Morgan fingerprint density at radius 2 is 2.00 bits per heavy atom. The largest absolute Gasteiger partial charge is 0.371 e. The summed E-state index contributed by atoms with van der Waals surface area (Å²) in [6.45, 7) is 2.11. The van der Waals surface area contributed by atoms with Crippen LogP contribution < -0.4 is 10.3 Å². The van der Waals surface area contributed by atoms with Gasteiger partial charge in [0.25, 0.3) is 5.91 Å². The summed E-state index contributed by atoms with van der Waals surface area (Å²) in [5.41, 5.74) is 4.11. The Kier molecular flexibility index (Phi) is 5.03. The molecule has 21 heavy (non-hydrogen) atoms. The summed E-state index contributed by atoms with van der Waals surface area (Å²) in [6.07, 6.45) is 5.32. The maximum absolute atomic E-state index is 12.1. The third-order valence-corrected chi connectivity index (χ3v) is 5.81. The van der Waals surface area contributed by atoms with Gasteiger partial charge in [0.2, 0.25) is 0 Å². The van der Waals surface area contributed by atoms with Crippen LogP contribution in [0.5, 0.6) is 0 Å². The van der Waals surface area contributed by atoms with Crippen molar-refractivity contribution in [3.8, 4) is 0 Å². The van der Waals surface area contributed by atoms with Gasteiger partial charge in [-0.05, 0) is 31.4 Å². The first-order valence-corrected chi connectivity index (χ1v) is 9.15. The number of rotatable bonds is 3. The van der Waals surface area contributed by atoms with Gasteiger partial charge in [0.05, 0.1) is 0 Å². The third kappa shape index (κ3) is 3.91. The molecule has 2 aliphatic heterocycles. The van der Waals surface area contributed by atoms with E-state index in [9.17, 15) is 4.79 Å². The topological polar surface area (TPSA) is 57.6 Å². The van der Waals surface area contributed by atoms with E-state index in [1.165, 1.54) is 19.3 Å². The highest BCUT2D eigenvalue weighted by Gasteiger charge is 2.15. The molecule has 112 valence electrons. The Morgan fingerprint density at radius 3 is 2.76 bits per heavy atom. The fraction of sp³-hybridized carbons (Fsp3) is 0.500. The predicted molar refractivity (Wildman–Crippen MR) is 90.1 cm³/mol. The van der Waals surface area contributed by atoms with Crippen LogP contribution >= 0.6 is 23.5 Å². The van der Waals surface area contributed by atoms with Crippen LogP contribution in [0.2, 0.25) is 0 Å². The van der Waals surface area contributed by atoms with Crippen molar-refractivity contribution in [3.63, 3.8) is 0 Å². The van der Waals surface area contributed by atoms with Crippen molar-refractivity contribution in [2.75, 3.05) is 29.5 Å². The van der Waals surface area contributed by atoms with E-state index in [1.54, 1.807) is 29.7 Å². The second kappa shape index (κ2) is 7.17. The molecule has 2 saturated heterocycles. The normalized spacial score (nSPS) is 18.7. The maximum Gasteiger partial charge on any atom is 0.290 e. The van der Waals surface area contributed by atoms with Gasteiger partial charge in [0.1, 0.15) is 10.1 Å². The van der Waals surface area contributed by atoms with Crippen molar-refractivity contribution in [2.45, 2.75) is 19.3 Å². The Hall–Kier alpha value is -1.21. The fourth-order valence-corrected chi connectivity index (χ4v) is 4.52. The lowest BCUT2D eigenvalue weighted by Gasteiger charge is -2.17. The molecule has 5 nitrogen and oxygen atoms in total. The van der Waals surface area contributed by atoms with Gasteiger partial charge in [0, 0.05) is 36.5 Å². The number of pyridine rings is 1. The van der Waals surface area contributed by atoms with E-state index in [4.69, 9.17) is 0 Å². The van der Waals surface area contributed by atoms with Gasteiger partial charge >= 0.3 is 0 Å². The summed E-state index contributed by atoms with van der Waals surface area (Å²) in [5.74, 6) is 1.91. The summed E-state index contributed by atoms with van der Waals surface area (Å²) in [6, 6.07) is 3.81. The Labute approximate surface area is 133 Å². The number of hydrogen-bond donors (Lipinski definition) is 1. The standard InChI is InChI=1S/C14H18N4OS2/c19-13(16-17-14-20-8-3-9-21-14)12-10-11(4-5-15-12)18-6-1-2-7-18/h4-5,10H,1-3,6-9H2,(H,16,19). The average Bonchev–Trinajstić information content (AvgIpc) is 3.08. The van der Waals surface area contributed by atoms with Gasteiger partial charge < -0.3 is 4.90 Å². The second-order valence-corrected chi connectivity index (χ2v) is 7.39. The van der Waals surface area contributed by atoms with Gasteiger partial charge in [-0.15, -0.1) is 0 Å². The molecule has 3 rings (SSSR count). The van der Waals surface area contributed by atoms with E-state index >= 15 is 0 Å². The predicted octanol–water partition coefficient (Wildman–Crippen LogP) is 2.55. The van der Waals surface area contributed by atoms with Crippen LogP contribution in [0, 0.1) is 0 Å². The molecule has 0 aliphatic carbocycles. The zero-order valence-electron chi connectivity index (χ0n) is 11.7. The minimum atomic E-state index is -0.240. The summed E-state index contributed by atoms with van der Waals surface area (Å²) in [7, 11) is 0. The van der Waals surface area contributed by atoms with Crippen LogP contribution in [-0.4, -0.2) is 39.9 Å². The van der Waals surface area contributed by atoms with Crippen LogP contribution in [0.4, 0.5) is 5.69 Å². The van der Waals surface area contributed by atoms with E-state index in [0.29, 0.717) is 5.69 Å². The lowest BCUT2D eigenvalue weighted by Crippen LogP contribution is -2.22. The Morgan fingerprint density at radius 1 is 1.24 bits per heavy atom. The first kappa shape index (κ1) is 14.7. The van der Waals surface area contributed by atoms with E-state index in [-0.39, 0.29) is 5.91 Å². The number of nitrogens with one attached hydrogen (secondary N) is 1. The van der Waals surface area contributed by atoms with Gasteiger partial charge in [-0.2, -0.15) is 5.10 Å². The van der Waals surface area contributed by atoms with Gasteiger partial charge in [-0.25, -0.2) is 5.43 Å². The lowest BCUT2D eigenvalue weighted by atomic mass is 10.3. The Bertz CT molecular complexity index is 536. The van der Waals surface area contributed by atoms with Crippen LogP contribution in [0.25, 0.3) is 0 Å². The first-order chi connectivity index (χ1) is 10.3. The molecule has 0 spiro atoms. The van der Waals surface area contributed by atoms with Crippen LogP contribution in [0.3, 0.4) is 0 Å². The van der Waals surface area contributed by atoms with Crippen LogP contribution in [-0.2, 0) is 0 Å². The van der Waals surface area contributed by atoms with Gasteiger partial charge in [-0.1, -0.05) is 23.5 Å². The molecule has 3 heterocycles. The number of hydrogen-bond acceptors (Lipinski definition) is 6. The van der Waals surface area contributed by atoms with E-state index < -0.39 is 0 Å². The number of carbonyl (C=O) groups excluding carboxylic acids is 1. The molecule has 2 aliphatic rings. The molecule has 7 heteroatoms. The van der Waals surface area contributed by atoms with E-state index in [0.717, 1.165) is 34.7 Å². The molecular formula is C14H18N4OS2. The third-order valence-electron chi connectivity index (χ3n) is 3.44.